The Morgan fingerprint density at radius 2 is 2.08 bits per heavy atom. The second-order valence-electron chi connectivity index (χ2n) is 6.57. The van der Waals surface area contributed by atoms with Crippen molar-refractivity contribution in [3.8, 4) is 0 Å². The van der Waals surface area contributed by atoms with Crippen LogP contribution in [0.25, 0.3) is 5.65 Å². The van der Waals surface area contributed by atoms with Crippen LogP contribution in [0, 0.1) is 0 Å². The zero-order valence-electron chi connectivity index (χ0n) is 13.7. The van der Waals surface area contributed by atoms with Crippen LogP contribution in [0.2, 0.25) is 0 Å². The molecule has 2 aliphatic heterocycles. The molecule has 7 nitrogen and oxygen atoms in total. The first-order chi connectivity index (χ1) is 11.5. The molecule has 2 aromatic rings. The van der Waals surface area contributed by atoms with E-state index in [4.69, 9.17) is 9.84 Å². The van der Waals surface area contributed by atoms with E-state index in [0.717, 1.165) is 42.0 Å². The van der Waals surface area contributed by atoms with Crippen molar-refractivity contribution >= 4 is 33.5 Å². The predicted octanol–water partition coefficient (Wildman–Crippen LogP) is 2.69. The fourth-order valence-electron chi connectivity index (χ4n) is 3.76. The Morgan fingerprint density at radius 3 is 2.88 bits per heavy atom. The Hall–Kier alpha value is -1.83. The minimum atomic E-state index is -0.194. The van der Waals surface area contributed by atoms with Crippen LogP contribution in [0.5, 0.6) is 0 Å². The standard InChI is InChI=1S/C16H20BrN5O2/c1-10(2)24-16(23)21-8-6-11-12(21)5-7-20(11)15-4-3-14-18-9-13(17)22(14)19-15/h3-4,9-12H,5-8H2,1-2H3. The molecule has 2 saturated heterocycles. The maximum absolute atomic E-state index is 12.3. The number of likely N-dealkylation sites (tertiary alicyclic amines) is 1. The minimum absolute atomic E-state index is 0.0864. The van der Waals surface area contributed by atoms with Crippen molar-refractivity contribution in [1.29, 1.82) is 0 Å². The molecular formula is C16H20BrN5O2. The number of imidazole rings is 1. The molecule has 8 heteroatoms. The van der Waals surface area contributed by atoms with Crippen molar-refractivity contribution in [2.75, 3.05) is 18.0 Å². The highest BCUT2D eigenvalue weighted by Gasteiger charge is 2.45. The van der Waals surface area contributed by atoms with Crippen LogP contribution < -0.4 is 4.90 Å². The van der Waals surface area contributed by atoms with Crippen molar-refractivity contribution in [3.63, 3.8) is 0 Å². The number of aromatic nitrogens is 3. The summed E-state index contributed by atoms with van der Waals surface area (Å²) in [5.41, 5.74) is 0.815. The number of hydrogen-bond acceptors (Lipinski definition) is 5. The van der Waals surface area contributed by atoms with Crippen LogP contribution in [-0.4, -0.2) is 56.9 Å². The fourth-order valence-corrected chi connectivity index (χ4v) is 4.12. The van der Waals surface area contributed by atoms with E-state index in [0.29, 0.717) is 6.04 Å². The number of hydrogen-bond donors (Lipinski definition) is 0. The summed E-state index contributed by atoms with van der Waals surface area (Å²) >= 11 is 3.47. The van der Waals surface area contributed by atoms with Gasteiger partial charge in [0.15, 0.2) is 5.65 Å². The highest BCUT2D eigenvalue weighted by molar-refractivity contribution is 9.10. The Labute approximate surface area is 148 Å². The van der Waals surface area contributed by atoms with Gasteiger partial charge in [-0.05, 0) is 54.8 Å². The lowest BCUT2D eigenvalue weighted by molar-refractivity contribution is 0.0735. The van der Waals surface area contributed by atoms with Gasteiger partial charge in [0.05, 0.1) is 24.4 Å². The Balaban J connectivity index is 1.56. The topological polar surface area (TPSA) is 63.0 Å². The van der Waals surface area contributed by atoms with Gasteiger partial charge in [-0.3, -0.25) is 0 Å². The van der Waals surface area contributed by atoms with Gasteiger partial charge in [0, 0.05) is 13.1 Å². The first-order valence-electron chi connectivity index (χ1n) is 8.29. The lowest BCUT2D eigenvalue weighted by atomic mass is 10.1. The Bertz CT molecular complexity index is 777. The summed E-state index contributed by atoms with van der Waals surface area (Å²) in [6, 6.07) is 4.49. The zero-order chi connectivity index (χ0) is 16.8. The lowest BCUT2D eigenvalue weighted by Gasteiger charge is -2.26. The highest BCUT2D eigenvalue weighted by Crippen LogP contribution is 2.35. The fraction of sp³-hybridized carbons (Fsp3) is 0.562. The number of halogens is 1. The predicted molar refractivity (Wildman–Crippen MR) is 93.2 cm³/mol. The van der Waals surface area contributed by atoms with Gasteiger partial charge in [0.2, 0.25) is 0 Å². The zero-order valence-corrected chi connectivity index (χ0v) is 15.3. The van der Waals surface area contributed by atoms with E-state index in [1.165, 1.54) is 0 Å². The Morgan fingerprint density at radius 1 is 1.29 bits per heavy atom. The largest absolute Gasteiger partial charge is 0.447 e. The van der Waals surface area contributed by atoms with Gasteiger partial charge in [-0.25, -0.2) is 14.3 Å². The molecule has 2 atom stereocenters. The molecule has 4 rings (SSSR count). The molecule has 0 radical (unpaired) electrons. The summed E-state index contributed by atoms with van der Waals surface area (Å²) in [4.78, 5) is 20.7. The molecule has 2 unspecified atom stereocenters. The minimum Gasteiger partial charge on any atom is -0.447 e. The van der Waals surface area contributed by atoms with Crippen molar-refractivity contribution in [1.82, 2.24) is 19.5 Å². The van der Waals surface area contributed by atoms with Crippen LogP contribution in [0.15, 0.2) is 22.9 Å². The molecule has 24 heavy (non-hydrogen) atoms. The number of fused-ring (bicyclic) bond motifs is 2. The molecule has 0 saturated carbocycles. The van der Waals surface area contributed by atoms with E-state index in [-0.39, 0.29) is 18.2 Å². The molecule has 0 N–H and O–H groups in total. The molecule has 2 aromatic heterocycles. The summed E-state index contributed by atoms with van der Waals surface area (Å²) in [6.07, 6.45) is 3.36. The highest BCUT2D eigenvalue weighted by atomic mass is 79.9. The van der Waals surface area contributed by atoms with E-state index in [1.807, 2.05) is 30.9 Å². The number of nitrogens with zero attached hydrogens (tertiary/aromatic N) is 5. The first-order valence-corrected chi connectivity index (χ1v) is 9.08. The molecular weight excluding hydrogens is 374 g/mol. The summed E-state index contributed by atoms with van der Waals surface area (Å²) in [6.45, 7) is 5.41. The average Bonchev–Trinajstić information content (AvgIpc) is 3.21. The molecule has 0 aliphatic carbocycles. The normalized spacial score (nSPS) is 23.3. The van der Waals surface area contributed by atoms with E-state index in [2.05, 4.69) is 25.8 Å². The third-order valence-corrected chi connectivity index (χ3v) is 5.29. The second kappa shape index (κ2) is 5.91. The van der Waals surface area contributed by atoms with Crippen LogP contribution in [-0.2, 0) is 4.74 Å². The summed E-state index contributed by atoms with van der Waals surface area (Å²) in [5, 5.41) is 4.69. The maximum atomic E-state index is 12.3. The van der Waals surface area contributed by atoms with E-state index in [1.54, 1.807) is 10.7 Å². The first kappa shape index (κ1) is 15.7. The maximum Gasteiger partial charge on any atom is 0.410 e. The third kappa shape index (κ3) is 2.53. The summed E-state index contributed by atoms with van der Waals surface area (Å²) in [5.74, 6) is 0.924. The molecule has 4 heterocycles. The van der Waals surface area contributed by atoms with Gasteiger partial charge >= 0.3 is 6.09 Å². The SMILES string of the molecule is CC(C)OC(=O)N1CCC2C1CCN2c1ccc2ncc(Br)n2n1. The van der Waals surface area contributed by atoms with Crippen LogP contribution in [0.1, 0.15) is 26.7 Å². The van der Waals surface area contributed by atoms with Crippen molar-refractivity contribution in [3.05, 3.63) is 22.9 Å². The molecule has 0 bridgehead atoms. The van der Waals surface area contributed by atoms with Gasteiger partial charge in [0.25, 0.3) is 0 Å². The van der Waals surface area contributed by atoms with Crippen LogP contribution in [0.4, 0.5) is 10.6 Å². The second-order valence-corrected chi connectivity index (χ2v) is 7.39. The van der Waals surface area contributed by atoms with Gasteiger partial charge in [-0.1, -0.05) is 0 Å². The van der Waals surface area contributed by atoms with Crippen LogP contribution in [0.3, 0.4) is 0 Å². The number of amides is 1. The third-order valence-electron chi connectivity index (χ3n) is 4.75. The molecule has 0 aromatic carbocycles. The van der Waals surface area contributed by atoms with Crippen molar-refractivity contribution in [2.45, 2.75) is 44.9 Å². The molecule has 2 fully saturated rings. The average molecular weight is 394 g/mol. The smallest absolute Gasteiger partial charge is 0.410 e. The number of carbonyl (C=O) groups is 1. The van der Waals surface area contributed by atoms with Gasteiger partial charge in [-0.15, -0.1) is 5.10 Å². The summed E-state index contributed by atoms with van der Waals surface area (Å²) < 4.78 is 8.01. The number of ether oxygens (including phenoxy) is 1. The lowest BCUT2D eigenvalue weighted by Crippen LogP contribution is -2.40. The molecule has 1 amide bonds. The number of carbonyl (C=O) groups excluding carboxylic acids is 1. The van der Waals surface area contributed by atoms with Crippen molar-refractivity contribution in [2.24, 2.45) is 0 Å². The van der Waals surface area contributed by atoms with Gasteiger partial charge < -0.3 is 14.5 Å². The number of anilines is 1. The molecule has 2 aliphatic rings. The molecule has 128 valence electrons. The van der Waals surface area contributed by atoms with E-state index >= 15 is 0 Å². The van der Waals surface area contributed by atoms with Crippen molar-refractivity contribution < 1.29 is 9.53 Å². The monoisotopic (exact) mass is 393 g/mol. The Kier molecular flexibility index (Phi) is 3.86. The van der Waals surface area contributed by atoms with Gasteiger partial charge in [-0.2, -0.15) is 0 Å². The summed E-state index contributed by atoms with van der Waals surface area (Å²) in [7, 11) is 0. The number of rotatable bonds is 2. The quantitative estimate of drug-likeness (QED) is 0.784. The van der Waals surface area contributed by atoms with E-state index < -0.39 is 0 Å². The van der Waals surface area contributed by atoms with Gasteiger partial charge in [0.1, 0.15) is 10.4 Å². The van der Waals surface area contributed by atoms with Crippen LogP contribution >= 0.6 is 15.9 Å². The van der Waals surface area contributed by atoms with E-state index in [9.17, 15) is 4.79 Å². The molecule has 0 spiro atoms.